The minimum Gasteiger partial charge on any atom is -0.341 e. The molecular formula is C26H35N3O3S. The van der Waals surface area contributed by atoms with E-state index in [-0.39, 0.29) is 16.8 Å². The molecule has 2 aromatic carbocycles. The van der Waals surface area contributed by atoms with Gasteiger partial charge in [-0.3, -0.25) is 4.79 Å². The Hall–Kier alpha value is -2.22. The summed E-state index contributed by atoms with van der Waals surface area (Å²) in [5.41, 5.74) is 9.94. The number of nitrogens with one attached hydrogen (secondary N) is 1. The van der Waals surface area contributed by atoms with Crippen LogP contribution in [0.2, 0.25) is 0 Å². The Bertz CT molecular complexity index is 1080. The number of carbonyl (C=O) groups excluding carboxylic acids is 1. The first-order valence-corrected chi connectivity index (χ1v) is 13.5. The average Bonchev–Trinajstić information content (AvgIpc) is 3.38. The summed E-state index contributed by atoms with van der Waals surface area (Å²) in [7, 11) is -2.04. The molecule has 0 aliphatic heterocycles. The van der Waals surface area contributed by atoms with Crippen LogP contribution in [0.4, 0.5) is 0 Å². The Morgan fingerprint density at radius 1 is 1.00 bits per heavy atom. The van der Waals surface area contributed by atoms with Crippen molar-refractivity contribution in [1.82, 2.24) is 9.62 Å². The Balaban J connectivity index is 1.59. The predicted octanol–water partition coefficient (Wildman–Crippen LogP) is 3.31. The van der Waals surface area contributed by atoms with Crippen LogP contribution in [0.1, 0.15) is 60.8 Å². The molecule has 0 spiro atoms. The van der Waals surface area contributed by atoms with Crippen LogP contribution in [0.3, 0.4) is 0 Å². The van der Waals surface area contributed by atoms with E-state index in [1.807, 2.05) is 30.3 Å². The fourth-order valence-corrected chi connectivity index (χ4v) is 6.32. The van der Waals surface area contributed by atoms with Gasteiger partial charge in [0.25, 0.3) is 0 Å². The van der Waals surface area contributed by atoms with Gasteiger partial charge in [0.2, 0.25) is 15.9 Å². The molecule has 1 fully saturated rings. The van der Waals surface area contributed by atoms with Crippen LogP contribution in [0.15, 0.2) is 47.4 Å². The van der Waals surface area contributed by atoms with Crippen molar-refractivity contribution in [2.24, 2.45) is 5.73 Å². The van der Waals surface area contributed by atoms with E-state index in [1.54, 1.807) is 24.1 Å². The van der Waals surface area contributed by atoms with Crippen molar-refractivity contribution in [3.8, 4) is 0 Å². The van der Waals surface area contributed by atoms with Gasteiger partial charge in [0.15, 0.2) is 0 Å². The Morgan fingerprint density at radius 2 is 1.64 bits per heavy atom. The largest absolute Gasteiger partial charge is 0.341 e. The second-order valence-corrected chi connectivity index (χ2v) is 11.1. The quantitative estimate of drug-likeness (QED) is 0.620. The first-order valence-electron chi connectivity index (χ1n) is 12.1. The van der Waals surface area contributed by atoms with E-state index in [0.29, 0.717) is 13.0 Å². The zero-order valence-corrected chi connectivity index (χ0v) is 20.2. The van der Waals surface area contributed by atoms with Gasteiger partial charge >= 0.3 is 0 Å². The molecule has 0 radical (unpaired) electrons. The molecule has 0 heterocycles. The van der Waals surface area contributed by atoms with Gasteiger partial charge in [-0.15, -0.1) is 0 Å². The van der Waals surface area contributed by atoms with Crippen molar-refractivity contribution >= 4 is 15.9 Å². The SMILES string of the molecule is CN(C(=O)[C@H](Cc1ccc(CN)cc1)NS(=O)(=O)c1ccc2c(c1)CCCC2)C1CCCC1. The molecule has 0 saturated heterocycles. The lowest BCUT2D eigenvalue weighted by molar-refractivity contribution is -0.133. The second kappa shape index (κ2) is 10.4. The number of nitrogens with zero attached hydrogens (tertiary/aromatic N) is 1. The second-order valence-electron chi connectivity index (χ2n) is 9.42. The highest BCUT2D eigenvalue weighted by atomic mass is 32.2. The molecule has 3 N–H and O–H groups in total. The summed E-state index contributed by atoms with van der Waals surface area (Å²) in [4.78, 5) is 15.5. The number of amides is 1. The summed E-state index contributed by atoms with van der Waals surface area (Å²) in [6, 6.07) is 12.4. The first-order chi connectivity index (χ1) is 15.9. The van der Waals surface area contributed by atoms with Crippen LogP contribution < -0.4 is 10.5 Å². The van der Waals surface area contributed by atoms with E-state index in [9.17, 15) is 13.2 Å². The van der Waals surface area contributed by atoms with Gasteiger partial charge in [-0.25, -0.2) is 8.42 Å². The third-order valence-electron chi connectivity index (χ3n) is 7.14. The average molecular weight is 470 g/mol. The standard InChI is InChI=1S/C26H35N3O3S/c1-29(23-8-4-5-9-23)26(30)25(16-19-10-12-20(18-27)13-11-19)28-33(31,32)24-15-14-21-6-2-3-7-22(21)17-24/h10-15,17,23,25,28H,2-9,16,18,27H2,1H3/t25-/m0/s1. The predicted molar refractivity (Wildman–Crippen MR) is 130 cm³/mol. The highest BCUT2D eigenvalue weighted by Gasteiger charge is 2.32. The van der Waals surface area contributed by atoms with E-state index >= 15 is 0 Å². The molecule has 1 amide bonds. The number of benzene rings is 2. The van der Waals surface area contributed by atoms with Gasteiger partial charge < -0.3 is 10.6 Å². The molecule has 2 aliphatic rings. The third kappa shape index (κ3) is 5.65. The number of carbonyl (C=O) groups is 1. The molecule has 4 rings (SSSR count). The van der Waals surface area contributed by atoms with Gasteiger partial charge in [0, 0.05) is 19.6 Å². The molecule has 0 aromatic heterocycles. The van der Waals surface area contributed by atoms with Crippen LogP contribution in [0, 0.1) is 0 Å². The summed E-state index contributed by atoms with van der Waals surface area (Å²) < 4.78 is 29.5. The molecule has 0 bridgehead atoms. The van der Waals surface area contributed by atoms with Crippen LogP contribution in [0.5, 0.6) is 0 Å². The molecule has 178 valence electrons. The zero-order chi connectivity index (χ0) is 23.4. The monoisotopic (exact) mass is 469 g/mol. The number of rotatable bonds is 8. The minimum atomic E-state index is -3.85. The summed E-state index contributed by atoms with van der Waals surface area (Å²) in [5, 5.41) is 0. The number of hydrogen-bond acceptors (Lipinski definition) is 4. The third-order valence-corrected chi connectivity index (χ3v) is 8.61. The first kappa shape index (κ1) is 23.9. The fraction of sp³-hybridized carbons (Fsp3) is 0.500. The van der Waals surface area contributed by atoms with Gasteiger partial charge in [0.05, 0.1) is 4.90 Å². The molecule has 0 unspecified atom stereocenters. The van der Waals surface area contributed by atoms with Crippen LogP contribution in [-0.2, 0) is 40.6 Å². The molecule has 6 nitrogen and oxygen atoms in total. The van der Waals surface area contributed by atoms with Crippen molar-refractivity contribution in [2.45, 2.75) is 81.3 Å². The topological polar surface area (TPSA) is 92.5 Å². The normalized spacial score (nSPS) is 17.5. The summed E-state index contributed by atoms with van der Waals surface area (Å²) in [6.07, 6.45) is 8.57. The lowest BCUT2D eigenvalue weighted by Crippen LogP contribution is -2.50. The molecule has 1 saturated carbocycles. The molecule has 7 heteroatoms. The summed E-state index contributed by atoms with van der Waals surface area (Å²) in [5.74, 6) is -0.175. The maximum absolute atomic E-state index is 13.5. The lowest BCUT2D eigenvalue weighted by Gasteiger charge is -2.29. The highest BCUT2D eigenvalue weighted by molar-refractivity contribution is 7.89. The van der Waals surface area contributed by atoms with Crippen molar-refractivity contribution in [2.75, 3.05) is 7.05 Å². The van der Waals surface area contributed by atoms with Crippen LogP contribution in [-0.4, -0.2) is 38.4 Å². The van der Waals surface area contributed by atoms with Gasteiger partial charge in [-0.1, -0.05) is 43.2 Å². The number of fused-ring (bicyclic) bond motifs is 1. The maximum atomic E-state index is 13.5. The van der Waals surface area contributed by atoms with Crippen LogP contribution >= 0.6 is 0 Å². The van der Waals surface area contributed by atoms with Gasteiger partial charge in [-0.05, 0) is 79.3 Å². The summed E-state index contributed by atoms with van der Waals surface area (Å²) in [6.45, 7) is 0.442. The Morgan fingerprint density at radius 3 is 2.30 bits per heavy atom. The highest BCUT2D eigenvalue weighted by Crippen LogP contribution is 2.26. The van der Waals surface area contributed by atoms with E-state index < -0.39 is 16.1 Å². The lowest BCUT2D eigenvalue weighted by atomic mass is 9.92. The van der Waals surface area contributed by atoms with E-state index in [1.165, 1.54) is 5.56 Å². The Kier molecular flexibility index (Phi) is 7.51. The van der Waals surface area contributed by atoms with E-state index in [4.69, 9.17) is 5.73 Å². The number of nitrogens with two attached hydrogens (primary N) is 1. The van der Waals surface area contributed by atoms with Crippen molar-refractivity contribution in [3.05, 3.63) is 64.7 Å². The number of aryl methyl sites for hydroxylation is 2. The molecule has 2 aliphatic carbocycles. The van der Waals surface area contributed by atoms with Gasteiger partial charge in [-0.2, -0.15) is 4.72 Å². The van der Waals surface area contributed by atoms with E-state index in [2.05, 4.69) is 4.72 Å². The van der Waals surface area contributed by atoms with Crippen LogP contribution in [0.25, 0.3) is 0 Å². The maximum Gasteiger partial charge on any atom is 0.241 e. The molecule has 2 aromatic rings. The van der Waals surface area contributed by atoms with Crippen molar-refractivity contribution in [3.63, 3.8) is 0 Å². The number of sulfonamides is 1. The van der Waals surface area contributed by atoms with Gasteiger partial charge in [0.1, 0.15) is 6.04 Å². The number of likely N-dealkylation sites (N-methyl/N-ethyl adjacent to an activating group) is 1. The fourth-order valence-electron chi connectivity index (χ4n) is 5.08. The number of hydrogen-bond donors (Lipinski definition) is 2. The molecule has 33 heavy (non-hydrogen) atoms. The molecule has 1 atom stereocenters. The van der Waals surface area contributed by atoms with Crippen molar-refractivity contribution in [1.29, 1.82) is 0 Å². The van der Waals surface area contributed by atoms with E-state index in [0.717, 1.165) is 68.1 Å². The zero-order valence-electron chi connectivity index (χ0n) is 19.4. The van der Waals surface area contributed by atoms with Crippen molar-refractivity contribution < 1.29 is 13.2 Å². The molecular weight excluding hydrogens is 434 g/mol. The smallest absolute Gasteiger partial charge is 0.241 e. The minimum absolute atomic E-state index is 0.174. The Labute approximate surface area is 197 Å². The summed E-state index contributed by atoms with van der Waals surface area (Å²) >= 11 is 0.